The van der Waals surface area contributed by atoms with E-state index in [1.807, 2.05) is 30.3 Å². The Bertz CT molecular complexity index is 468. The summed E-state index contributed by atoms with van der Waals surface area (Å²) in [6.07, 6.45) is 2.03. The zero-order valence-electron chi connectivity index (χ0n) is 10.5. The molecule has 18 heavy (non-hydrogen) atoms. The van der Waals surface area contributed by atoms with E-state index in [4.69, 9.17) is 5.11 Å². The molecule has 0 radical (unpaired) electrons. The van der Waals surface area contributed by atoms with Gasteiger partial charge in [-0.3, -0.25) is 0 Å². The van der Waals surface area contributed by atoms with Gasteiger partial charge in [-0.2, -0.15) is 4.31 Å². The molecule has 0 aliphatic rings. The largest absolute Gasteiger partial charge is 0.396 e. The highest BCUT2D eigenvalue weighted by atomic mass is 32.2. The fraction of sp³-hybridized carbons (Fsp3) is 0.385. The van der Waals surface area contributed by atoms with Crippen LogP contribution < -0.4 is 0 Å². The van der Waals surface area contributed by atoms with Gasteiger partial charge in [0.25, 0.3) is 0 Å². The Morgan fingerprint density at radius 3 is 2.50 bits per heavy atom. The van der Waals surface area contributed by atoms with Gasteiger partial charge < -0.3 is 5.11 Å². The van der Waals surface area contributed by atoms with Crippen LogP contribution >= 0.6 is 0 Å². The molecular formula is C13H19NO3S. The second-order valence-corrected chi connectivity index (χ2v) is 5.65. The third-order valence-corrected chi connectivity index (χ3v) is 4.15. The van der Waals surface area contributed by atoms with E-state index in [9.17, 15) is 8.42 Å². The number of hydrogen-bond donors (Lipinski definition) is 1. The Hall–Kier alpha value is -1.17. The molecular weight excluding hydrogens is 250 g/mol. The number of nitrogens with zero attached hydrogens (tertiary/aromatic N) is 1. The predicted octanol–water partition coefficient (Wildman–Crippen LogP) is 1.69. The second kappa shape index (κ2) is 7.31. The minimum absolute atomic E-state index is 0.00554. The van der Waals surface area contributed by atoms with E-state index in [1.165, 1.54) is 9.71 Å². The van der Waals surface area contributed by atoms with Crippen molar-refractivity contribution in [2.45, 2.75) is 13.3 Å². The fourth-order valence-corrected chi connectivity index (χ4v) is 2.77. The molecule has 0 aromatic heterocycles. The van der Waals surface area contributed by atoms with Crippen molar-refractivity contribution in [3.05, 3.63) is 41.3 Å². The van der Waals surface area contributed by atoms with Gasteiger partial charge >= 0.3 is 0 Å². The molecule has 5 heteroatoms. The first-order valence-corrected chi connectivity index (χ1v) is 7.44. The number of benzene rings is 1. The molecule has 1 rings (SSSR count). The van der Waals surface area contributed by atoms with Crippen LogP contribution in [-0.4, -0.2) is 37.5 Å². The molecule has 0 saturated carbocycles. The number of aliphatic hydroxyl groups excluding tert-OH is 1. The summed E-state index contributed by atoms with van der Waals surface area (Å²) in [5.74, 6) is 0. The normalized spacial score (nSPS) is 12.4. The van der Waals surface area contributed by atoms with Crippen molar-refractivity contribution in [1.29, 1.82) is 0 Å². The third kappa shape index (κ3) is 4.60. The average Bonchev–Trinajstić information content (AvgIpc) is 2.38. The molecule has 0 atom stereocenters. The van der Waals surface area contributed by atoms with Crippen molar-refractivity contribution in [3.8, 4) is 0 Å². The summed E-state index contributed by atoms with van der Waals surface area (Å²) in [6, 6.07) is 9.28. The van der Waals surface area contributed by atoms with Crippen molar-refractivity contribution in [2.75, 3.05) is 19.7 Å². The van der Waals surface area contributed by atoms with Gasteiger partial charge in [0.2, 0.25) is 10.0 Å². The maximum absolute atomic E-state index is 12.0. The van der Waals surface area contributed by atoms with Gasteiger partial charge in [0.15, 0.2) is 0 Å². The smallest absolute Gasteiger partial charge is 0.236 e. The molecule has 1 aromatic carbocycles. The standard InChI is InChI=1S/C13H19NO3S/c1-2-14(10-6-11-15)18(16,17)12-9-13-7-4-3-5-8-13/h3-5,7-9,12,15H,2,6,10-11H2,1H3/b12-9+. The molecule has 4 nitrogen and oxygen atoms in total. The van der Waals surface area contributed by atoms with E-state index in [2.05, 4.69) is 0 Å². The molecule has 0 aliphatic heterocycles. The van der Waals surface area contributed by atoms with Gasteiger partial charge in [0.05, 0.1) is 0 Å². The predicted molar refractivity (Wildman–Crippen MR) is 73.3 cm³/mol. The van der Waals surface area contributed by atoms with Crippen molar-refractivity contribution in [2.24, 2.45) is 0 Å². The van der Waals surface area contributed by atoms with Gasteiger partial charge in [0.1, 0.15) is 0 Å². The van der Waals surface area contributed by atoms with Crippen LogP contribution in [0.25, 0.3) is 6.08 Å². The van der Waals surface area contributed by atoms with Gasteiger partial charge in [-0.1, -0.05) is 37.3 Å². The van der Waals surface area contributed by atoms with E-state index in [0.717, 1.165) is 5.56 Å². The van der Waals surface area contributed by atoms with Crippen LogP contribution in [0.4, 0.5) is 0 Å². The molecule has 0 fully saturated rings. The summed E-state index contributed by atoms with van der Waals surface area (Å²) in [4.78, 5) is 0. The topological polar surface area (TPSA) is 57.6 Å². The lowest BCUT2D eigenvalue weighted by Crippen LogP contribution is -2.30. The lowest BCUT2D eigenvalue weighted by Gasteiger charge is -2.17. The molecule has 0 heterocycles. The van der Waals surface area contributed by atoms with Crippen LogP contribution in [0.1, 0.15) is 18.9 Å². The first-order valence-electron chi connectivity index (χ1n) is 5.94. The van der Waals surface area contributed by atoms with E-state index in [-0.39, 0.29) is 6.61 Å². The molecule has 100 valence electrons. The molecule has 0 unspecified atom stereocenters. The number of rotatable bonds is 7. The summed E-state index contributed by atoms with van der Waals surface area (Å²) in [5.41, 5.74) is 0.847. The quantitative estimate of drug-likeness (QED) is 0.819. The average molecular weight is 269 g/mol. The zero-order valence-corrected chi connectivity index (χ0v) is 11.3. The summed E-state index contributed by atoms with van der Waals surface area (Å²) in [5, 5.41) is 9.96. The van der Waals surface area contributed by atoms with Crippen molar-refractivity contribution >= 4 is 16.1 Å². The summed E-state index contributed by atoms with van der Waals surface area (Å²) >= 11 is 0. The van der Waals surface area contributed by atoms with Gasteiger partial charge in [-0.15, -0.1) is 0 Å². The second-order valence-electron chi connectivity index (χ2n) is 3.83. The minimum atomic E-state index is -3.40. The summed E-state index contributed by atoms with van der Waals surface area (Å²) in [6.45, 7) is 2.52. The first-order chi connectivity index (χ1) is 8.60. The molecule has 1 N–H and O–H groups in total. The Kier molecular flexibility index (Phi) is 6.04. The highest BCUT2D eigenvalue weighted by Gasteiger charge is 2.16. The van der Waals surface area contributed by atoms with Crippen LogP contribution in [0.3, 0.4) is 0 Å². The number of aliphatic hydroxyl groups is 1. The molecule has 0 aliphatic carbocycles. The molecule has 0 spiro atoms. The Morgan fingerprint density at radius 2 is 1.94 bits per heavy atom. The fourth-order valence-electron chi connectivity index (χ4n) is 1.53. The SMILES string of the molecule is CCN(CCCO)S(=O)(=O)/C=C/c1ccccc1. The lowest BCUT2D eigenvalue weighted by molar-refractivity contribution is 0.271. The Morgan fingerprint density at radius 1 is 1.28 bits per heavy atom. The van der Waals surface area contributed by atoms with Gasteiger partial charge in [-0.25, -0.2) is 8.42 Å². The molecule has 0 bridgehead atoms. The number of sulfonamides is 1. The van der Waals surface area contributed by atoms with E-state index in [0.29, 0.717) is 19.5 Å². The lowest BCUT2D eigenvalue weighted by atomic mass is 10.2. The van der Waals surface area contributed by atoms with Gasteiger partial charge in [-0.05, 0) is 18.1 Å². The van der Waals surface area contributed by atoms with Crippen LogP contribution in [0.15, 0.2) is 35.7 Å². The molecule has 0 saturated heterocycles. The van der Waals surface area contributed by atoms with Crippen LogP contribution in [0.2, 0.25) is 0 Å². The van der Waals surface area contributed by atoms with E-state index < -0.39 is 10.0 Å². The highest BCUT2D eigenvalue weighted by molar-refractivity contribution is 7.92. The maximum Gasteiger partial charge on any atom is 0.236 e. The van der Waals surface area contributed by atoms with E-state index in [1.54, 1.807) is 13.0 Å². The van der Waals surface area contributed by atoms with Crippen LogP contribution in [0, 0.1) is 0 Å². The Labute approximate surface area is 109 Å². The summed E-state index contributed by atoms with van der Waals surface area (Å²) < 4.78 is 25.3. The Balaban J connectivity index is 2.77. The zero-order chi connectivity index (χ0) is 13.4. The maximum atomic E-state index is 12.0. The third-order valence-electron chi connectivity index (χ3n) is 2.51. The monoisotopic (exact) mass is 269 g/mol. The van der Waals surface area contributed by atoms with Crippen molar-refractivity contribution in [3.63, 3.8) is 0 Å². The highest BCUT2D eigenvalue weighted by Crippen LogP contribution is 2.08. The summed E-state index contributed by atoms with van der Waals surface area (Å²) in [7, 11) is -3.40. The number of hydrogen-bond acceptors (Lipinski definition) is 3. The molecule has 1 aromatic rings. The van der Waals surface area contributed by atoms with Crippen LogP contribution in [-0.2, 0) is 10.0 Å². The van der Waals surface area contributed by atoms with Gasteiger partial charge in [0, 0.05) is 25.1 Å². The molecule has 0 amide bonds. The first kappa shape index (κ1) is 14.9. The minimum Gasteiger partial charge on any atom is -0.396 e. The van der Waals surface area contributed by atoms with E-state index >= 15 is 0 Å². The van der Waals surface area contributed by atoms with Crippen LogP contribution in [0.5, 0.6) is 0 Å². The van der Waals surface area contributed by atoms with Crippen molar-refractivity contribution in [1.82, 2.24) is 4.31 Å². The van der Waals surface area contributed by atoms with Crippen molar-refractivity contribution < 1.29 is 13.5 Å².